The molecule has 1 aromatic rings. The summed E-state index contributed by atoms with van der Waals surface area (Å²) in [6.07, 6.45) is 3.11. The third-order valence-corrected chi connectivity index (χ3v) is 3.50. The van der Waals surface area contributed by atoms with E-state index in [0.717, 1.165) is 0 Å². The van der Waals surface area contributed by atoms with Crippen molar-refractivity contribution in [1.82, 2.24) is 0 Å². The summed E-state index contributed by atoms with van der Waals surface area (Å²) in [5.74, 6) is -0.515. The second-order valence-corrected chi connectivity index (χ2v) is 5.60. The monoisotopic (exact) mass is 283 g/mol. The molecule has 1 unspecified atom stereocenters. The van der Waals surface area contributed by atoms with E-state index in [1.54, 1.807) is 25.1 Å². The molecule has 0 bridgehead atoms. The van der Waals surface area contributed by atoms with Crippen LogP contribution in [0.5, 0.6) is 0 Å². The summed E-state index contributed by atoms with van der Waals surface area (Å²) in [6.45, 7) is 3.68. The SMILES string of the molecule is CCC(C)OC(=O)C=Cc1ccccc1S(N)(=O)=O. The fourth-order valence-corrected chi connectivity index (χ4v) is 2.09. The maximum absolute atomic E-state index is 11.5. The van der Waals surface area contributed by atoms with Crippen molar-refractivity contribution < 1.29 is 17.9 Å². The summed E-state index contributed by atoms with van der Waals surface area (Å²) in [7, 11) is -3.81. The summed E-state index contributed by atoms with van der Waals surface area (Å²) < 4.78 is 27.7. The van der Waals surface area contributed by atoms with Gasteiger partial charge in [0.05, 0.1) is 11.0 Å². The molecule has 1 atom stereocenters. The molecule has 1 rings (SSSR count). The molecule has 6 heteroatoms. The van der Waals surface area contributed by atoms with Crippen molar-refractivity contribution >= 4 is 22.1 Å². The highest BCUT2D eigenvalue weighted by atomic mass is 32.2. The zero-order valence-corrected chi connectivity index (χ0v) is 11.7. The van der Waals surface area contributed by atoms with E-state index in [1.165, 1.54) is 18.2 Å². The molecule has 1 aromatic carbocycles. The standard InChI is InChI=1S/C13H17NO4S/c1-3-10(2)18-13(15)9-8-11-6-4-5-7-12(11)19(14,16)17/h4-10H,3H2,1-2H3,(H2,14,16,17). The topological polar surface area (TPSA) is 86.5 Å². The third kappa shape index (κ3) is 4.84. The van der Waals surface area contributed by atoms with E-state index in [1.807, 2.05) is 6.92 Å². The highest BCUT2D eigenvalue weighted by Gasteiger charge is 2.11. The van der Waals surface area contributed by atoms with Gasteiger partial charge < -0.3 is 4.74 Å². The molecule has 0 spiro atoms. The van der Waals surface area contributed by atoms with Crippen LogP contribution in [0.2, 0.25) is 0 Å². The van der Waals surface area contributed by atoms with Crippen LogP contribution in [0.1, 0.15) is 25.8 Å². The van der Waals surface area contributed by atoms with Gasteiger partial charge in [-0.05, 0) is 31.1 Å². The minimum atomic E-state index is -3.81. The highest BCUT2D eigenvalue weighted by molar-refractivity contribution is 7.89. The van der Waals surface area contributed by atoms with Gasteiger partial charge in [0.1, 0.15) is 0 Å². The van der Waals surface area contributed by atoms with Gasteiger partial charge in [-0.3, -0.25) is 0 Å². The minimum Gasteiger partial charge on any atom is -0.460 e. The van der Waals surface area contributed by atoms with E-state index in [4.69, 9.17) is 9.88 Å². The van der Waals surface area contributed by atoms with Crippen LogP contribution >= 0.6 is 0 Å². The number of esters is 1. The average Bonchev–Trinajstić information content (AvgIpc) is 2.35. The summed E-state index contributed by atoms with van der Waals surface area (Å²) in [6, 6.07) is 6.17. The Morgan fingerprint density at radius 2 is 2.05 bits per heavy atom. The average molecular weight is 283 g/mol. The number of hydrogen-bond donors (Lipinski definition) is 1. The first-order chi connectivity index (χ1) is 8.84. The molecule has 0 fully saturated rings. The fourth-order valence-electron chi connectivity index (χ4n) is 1.36. The van der Waals surface area contributed by atoms with E-state index in [-0.39, 0.29) is 11.0 Å². The maximum Gasteiger partial charge on any atom is 0.331 e. The van der Waals surface area contributed by atoms with Crippen molar-refractivity contribution in [1.29, 1.82) is 0 Å². The van der Waals surface area contributed by atoms with Crippen molar-refractivity contribution in [3.05, 3.63) is 35.9 Å². The van der Waals surface area contributed by atoms with Crippen LogP contribution in [0, 0.1) is 0 Å². The second-order valence-electron chi connectivity index (χ2n) is 4.07. The van der Waals surface area contributed by atoms with E-state index < -0.39 is 16.0 Å². The predicted octanol–water partition coefficient (Wildman–Crippen LogP) is 1.69. The Morgan fingerprint density at radius 1 is 1.42 bits per heavy atom. The summed E-state index contributed by atoms with van der Waals surface area (Å²) in [4.78, 5) is 11.4. The van der Waals surface area contributed by atoms with E-state index in [0.29, 0.717) is 12.0 Å². The predicted molar refractivity (Wildman–Crippen MR) is 72.7 cm³/mol. The Kier molecular flexibility index (Phi) is 5.26. The maximum atomic E-state index is 11.5. The van der Waals surface area contributed by atoms with E-state index in [9.17, 15) is 13.2 Å². The molecule has 0 saturated carbocycles. The van der Waals surface area contributed by atoms with Gasteiger partial charge in [-0.2, -0.15) is 0 Å². The number of sulfonamides is 1. The van der Waals surface area contributed by atoms with Gasteiger partial charge in [0, 0.05) is 6.08 Å². The number of benzene rings is 1. The van der Waals surface area contributed by atoms with Gasteiger partial charge in [0.15, 0.2) is 0 Å². The van der Waals surface area contributed by atoms with Gasteiger partial charge in [0.2, 0.25) is 10.0 Å². The van der Waals surface area contributed by atoms with Crippen LogP contribution in [-0.4, -0.2) is 20.5 Å². The molecule has 0 aliphatic carbocycles. The zero-order chi connectivity index (χ0) is 14.5. The number of ether oxygens (including phenoxy) is 1. The van der Waals surface area contributed by atoms with Crippen molar-refractivity contribution in [3.8, 4) is 0 Å². The van der Waals surface area contributed by atoms with Crippen LogP contribution in [0.25, 0.3) is 6.08 Å². The molecular formula is C13H17NO4S. The number of rotatable bonds is 5. The van der Waals surface area contributed by atoms with Gasteiger partial charge in [-0.25, -0.2) is 18.4 Å². The van der Waals surface area contributed by atoms with Crippen LogP contribution < -0.4 is 5.14 Å². The minimum absolute atomic E-state index is 0.0254. The van der Waals surface area contributed by atoms with Crippen molar-refractivity contribution in [2.45, 2.75) is 31.3 Å². The summed E-state index contributed by atoms with van der Waals surface area (Å²) in [5, 5.41) is 5.09. The molecule has 0 aromatic heterocycles. The summed E-state index contributed by atoms with van der Waals surface area (Å²) >= 11 is 0. The fraction of sp³-hybridized carbons (Fsp3) is 0.308. The van der Waals surface area contributed by atoms with Gasteiger partial charge >= 0.3 is 5.97 Å². The first kappa shape index (κ1) is 15.4. The Morgan fingerprint density at radius 3 is 2.63 bits per heavy atom. The quantitative estimate of drug-likeness (QED) is 0.658. The molecule has 5 nitrogen and oxygen atoms in total. The first-order valence-electron chi connectivity index (χ1n) is 5.85. The Balaban J connectivity index is 2.92. The largest absolute Gasteiger partial charge is 0.460 e. The number of hydrogen-bond acceptors (Lipinski definition) is 4. The molecule has 0 heterocycles. The Hall–Kier alpha value is -1.66. The molecule has 19 heavy (non-hydrogen) atoms. The molecule has 0 saturated heterocycles. The van der Waals surface area contributed by atoms with Crippen molar-refractivity contribution in [2.75, 3.05) is 0 Å². The Labute approximate surface area is 113 Å². The smallest absolute Gasteiger partial charge is 0.331 e. The number of carbonyl (C=O) groups excluding carboxylic acids is 1. The molecule has 2 N–H and O–H groups in total. The van der Waals surface area contributed by atoms with Crippen LogP contribution in [0.15, 0.2) is 35.2 Å². The Bertz CT molecular complexity index is 578. The van der Waals surface area contributed by atoms with Crippen LogP contribution in [-0.2, 0) is 19.6 Å². The lowest BCUT2D eigenvalue weighted by molar-refractivity contribution is -0.142. The van der Waals surface area contributed by atoms with Crippen molar-refractivity contribution in [3.63, 3.8) is 0 Å². The first-order valence-corrected chi connectivity index (χ1v) is 7.39. The number of primary sulfonamides is 1. The molecule has 0 aliphatic rings. The molecule has 104 valence electrons. The zero-order valence-electron chi connectivity index (χ0n) is 10.9. The molecule has 0 radical (unpaired) electrons. The normalized spacial score (nSPS) is 13.4. The lowest BCUT2D eigenvalue weighted by atomic mass is 10.2. The van der Waals surface area contributed by atoms with Crippen LogP contribution in [0.4, 0.5) is 0 Å². The highest BCUT2D eigenvalue weighted by Crippen LogP contribution is 2.15. The molecular weight excluding hydrogens is 266 g/mol. The second kappa shape index (κ2) is 6.49. The number of carbonyl (C=O) groups is 1. The third-order valence-electron chi connectivity index (χ3n) is 2.52. The van der Waals surface area contributed by atoms with Gasteiger partial charge in [0.25, 0.3) is 0 Å². The summed E-state index contributed by atoms with van der Waals surface area (Å²) in [5.41, 5.74) is 0.353. The lowest BCUT2D eigenvalue weighted by Crippen LogP contribution is -2.14. The van der Waals surface area contributed by atoms with Gasteiger partial charge in [-0.15, -0.1) is 0 Å². The molecule has 0 aliphatic heterocycles. The van der Waals surface area contributed by atoms with E-state index >= 15 is 0 Å². The number of nitrogens with two attached hydrogens (primary N) is 1. The van der Waals surface area contributed by atoms with Gasteiger partial charge in [-0.1, -0.05) is 25.1 Å². The molecule has 0 amide bonds. The van der Waals surface area contributed by atoms with Crippen molar-refractivity contribution in [2.24, 2.45) is 5.14 Å². The van der Waals surface area contributed by atoms with E-state index in [2.05, 4.69) is 0 Å². The lowest BCUT2D eigenvalue weighted by Gasteiger charge is -2.08. The van der Waals surface area contributed by atoms with Crippen LogP contribution in [0.3, 0.4) is 0 Å².